The van der Waals surface area contributed by atoms with Crippen LogP contribution in [0.4, 0.5) is 4.79 Å². The number of benzene rings is 1. The molecule has 0 bridgehead atoms. The van der Waals surface area contributed by atoms with Gasteiger partial charge in [-0.3, -0.25) is 0 Å². The molecular formula is C15H20N2O3. The summed E-state index contributed by atoms with van der Waals surface area (Å²) in [6, 6.07) is 6.48. The van der Waals surface area contributed by atoms with Crippen LogP contribution in [0.25, 0.3) is 0 Å². The maximum Gasteiger partial charge on any atom is 0.335 e. The number of hydrogen-bond acceptors (Lipinski definition) is 2. The smallest absolute Gasteiger partial charge is 0.335 e. The number of nitrogens with one attached hydrogen (secondary N) is 2. The van der Waals surface area contributed by atoms with Crippen LogP contribution in [-0.4, -0.2) is 30.2 Å². The quantitative estimate of drug-likeness (QED) is 0.697. The van der Waals surface area contributed by atoms with Crippen LogP contribution in [0.3, 0.4) is 0 Å². The van der Waals surface area contributed by atoms with Gasteiger partial charge in [0.2, 0.25) is 0 Å². The lowest BCUT2D eigenvalue weighted by atomic mass is 10.1. The minimum absolute atomic E-state index is 0.225. The first-order valence-electron chi connectivity index (χ1n) is 6.46. The van der Waals surface area contributed by atoms with Crippen LogP contribution in [0, 0.1) is 0 Å². The van der Waals surface area contributed by atoms with E-state index in [0.29, 0.717) is 19.5 Å². The van der Waals surface area contributed by atoms with Gasteiger partial charge in [-0.05, 0) is 38.0 Å². The van der Waals surface area contributed by atoms with Crippen LogP contribution >= 0.6 is 0 Å². The number of carboxylic acids is 1. The van der Waals surface area contributed by atoms with Gasteiger partial charge in [-0.25, -0.2) is 9.59 Å². The predicted molar refractivity (Wildman–Crippen MR) is 77.9 cm³/mol. The van der Waals surface area contributed by atoms with Crippen molar-refractivity contribution in [2.24, 2.45) is 0 Å². The number of carbonyl (C=O) groups excluding carboxylic acids is 1. The van der Waals surface area contributed by atoms with Gasteiger partial charge in [0, 0.05) is 13.1 Å². The summed E-state index contributed by atoms with van der Waals surface area (Å²) in [6.07, 6.45) is 2.52. The number of aromatic carboxylic acids is 1. The zero-order valence-electron chi connectivity index (χ0n) is 11.8. The Morgan fingerprint density at radius 1 is 1.25 bits per heavy atom. The average Bonchev–Trinajstić information content (AvgIpc) is 2.38. The molecule has 20 heavy (non-hydrogen) atoms. The average molecular weight is 276 g/mol. The normalized spacial score (nSPS) is 9.70. The highest BCUT2D eigenvalue weighted by molar-refractivity contribution is 5.87. The van der Waals surface area contributed by atoms with E-state index in [1.807, 2.05) is 26.0 Å². The molecule has 108 valence electrons. The molecule has 0 aliphatic carbocycles. The molecule has 0 aromatic heterocycles. The van der Waals surface area contributed by atoms with E-state index in [1.165, 1.54) is 0 Å². The second-order valence-corrected chi connectivity index (χ2v) is 4.67. The molecule has 3 N–H and O–H groups in total. The van der Waals surface area contributed by atoms with Gasteiger partial charge in [-0.15, -0.1) is 0 Å². The molecule has 0 heterocycles. The highest BCUT2D eigenvalue weighted by Crippen LogP contribution is 2.05. The monoisotopic (exact) mass is 276 g/mol. The Morgan fingerprint density at radius 2 is 2.00 bits per heavy atom. The summed E-state index contributed by atoms with van der Waals surface area (Å²) in [7, 11) is 0. The number of amides is 2. The van der Waals surface area contributed by atoms with Crippen molar-refractivity contribution in [3.63, 3.8) is 0 Å². The summed E-state index contributed by atoms with van der Waals surface area (Å²) in [5.74, 6) is -0.945. The molecule has 0 saturated heterocycles. The summed E-state index contributed by atoms with van der Waals surface area (Å²) in [4.78, 5) is 22.3. The van der Waals surface area contributed by atoms with E-state index in [2.05, 4.69) is 10.6 Å². The van der Waals surface area contributed by atoms with Crippen LogP contribution in [0.5, 0.6) is 0 Å². The molecule has 5 heteroatoms. The SMILES string of the molecule is CC(C)=CCNC(=O)NCCc1cccc(C(=O)O)c1. The Labute approximate surface area is 118 Å². The second-order valence-electron chi connectivity index (χ2n) is 4.67. The number of allylic oxidation sites excluding steroid dienone is 1. The zero-order chi connectivity index (χ0) is 15.0. The molecule has 0 atom stereocenters. The third-order valence-corrected chi connectivity index (χ3v) is 2.65. The van der Waals surface area contributed by atoms with Gasteiger partial charge in [-0.2, -0.15) is 0 Å². The van der Waals surface area contributed by atoms with E-state index in [1.54, 1.807) is 18.2 Å². The minimum atomic E-state index is -0.945. The fourth-order valence-electron chi connectivity index (χ4n) is 1.59. The molecule has 1 aromatic rings. The number of hydrogen-bond donors (Lipinski definition) is 3. The van der Waals surface area contributed by atoms with Crippen molar-refractivity contribution in [2.75, 3.05) is 13.1 Å². The van der Waals surface area contributed by atoms with Gasteiger partial charge in [0.15, 0.2) is 0 Å². The fourth-order valence-corrected chi connectivity index (χ4v) is 1.59. The van der Waals surface area contributed by atoms with Gasteiger partial charge in [0.25, 0.3) is 0 Å². The third kappa shape index (κ3) is 6.04. The number of urea groups is 1. The van der Waals surface area contributed by atoms with Crippen molar-refractivity contribution < 1.29 is 14.7 Å². The minimum Gasteiger partial charge on any atom is -0.478 e. The van der Waals surface area contributed by atoms with Crippen molar-refractivity contribution in [2.45, 2.75) is 20.3 Å². The summed E-state index contributed by atoms with van der Waals surface area (Å²) >= 11 is 0. The van der Waals surface area contributed by atoms with E-state index >= 15 is 0 Å². The topological polar surface area (TPSA) is 78.4 Å². The molecule has 1 rings (SSSR count). The van der Waals surface area contributed by atoms with Gasteiger partial charge < -0.3 is 15.7 Å². The maximum atomic E-state index is 11.4. The molecule has 0 aliphatic rings. The molecule has 0 radical (unpaired) electrons. The molecule has 2 amide bonds. The highest BCUT2D eigenvalue weighted by atomic mass is 16.4. The van der Waals surface area contributed by atoms with E-state index in [-0.39, 0.29) is 11.6 Å². The predicted octanol–water partition coefficient (Wildman–Crippen LogP) is 2.19. The van der Waals surface area contributed by atoms with Crippen LogP contribution in [-0.2, 0) is 6.42 Å². The molecule has 0 aliphatic heterocycles. The lowest BCUT2D eigenvalue weighted by molar-refractivity contribution is 0.0696. The molecule has 5 nitrogen and oxygen atoms in total. The lowest BCUT2D eigenvalue weighted by Gasteiger charge is -2.06. The summed E-state index contributed by atoms with van der Waals surface area (Å²) < 4.78 is 0. The first-order valence-corrected chi connectivity index (χ1v) is 6.46. The number of carboxylic acid groups (broad SMARTS) is 1. The van der Waals surface area contributed by atoms with Crippen LogP contribution in [0.1, 0.15) is 29.8 Å². The Balaban J connectivity index is 2.33. The Kier molecular flexibility index (Phi) is 6.29. The Bertz CT molecular complexity index is 506. The van der Waals surface area contributed by atoms with Crippen molar-refractivity contribution >= 4 is 12.0 Å². The zero-order valence-corrected chi connectivity index (χ0v) is 11.8. The summed E-state index contributed by atoms with van der Waals surface area (Å²) in [6.45, 7) is 4.90. The summed E-state index contributed by atoms with van der Waals surface area (Å²) in [5, 5.41) is 14.3. The fraction of sp³-hybridized carbons (Fsp3) is 0.333. The van der Waals surface area contributed by atoms with Crippen LogP contribution < -0.4 is 10.6 Å². The van der Waals surface area contributed by atoms with E-state index in [0.717, 1.165) is 11.1 Å². The number of rotatable bonds is 6. The Hall–Kier alpha value is -2.30. The van der Waals surface area contributed by atoms with Crippen molar-refractivity contribution in [1.82, 2.24) is 10.6 Å². The van der Waals surface area contributed by atoms with Gasteiger partial charge in [0.1, 0.15) is 0 Å². The van der Waals surface area contributed by atoms with Gasteiger partial charge in [-0.1, -0.05) is 23.8 Å². The van der Waals surface area contributed by atoms with Gasteiger partial charge >= 0.3 is 12.0 Å². The number of carbonyl (C=O) groups is 2. The van der Waals surface area contributed by atoms with E-state index < -0.39 is 5.97 Å². The molecule has 0 spiro atoms. The largest absolute Gasteiger partial charge is 0.478 e. The summed E-state index contributed by atoms with van der Waals surface area (Å²) in [5.41, 5.74) is 2.29. The first-order chi connectivity index (χ1) is 9.49. The molecule has 0 fully saturated rings. The second kappa shape index (κ2) is 7.99. The Morgan fingerprint density at radius 3 is 2.65 bits per heavy atom. The van der Waals surface area contributed by atoms with E-state index in [4.69, 9.17) is 5.11 Å². The standard InChI is InChI=1S/C15H20N2O3/c1-11(2)6-8-16-15(20)17-9-7-12-4-3-5-13(10-12)14(18)19/h3-6,10H,7-9H2,1-2H3,(H,18,19)(H2,16,17,20). The van der Waals surface area contributed by atoms with E-state index in [9.17, 15) is 9.59 Å². The first kappa shape index (κ1) is 15.8. The highest BCUT2D eigenvalue weighted by Gasteiger charge is 2.03. The molecule has 1 aromatic carbocycles. The van der Waals surface area contributed by atoms with Crippen LogP contribution in [0.15, 0.2) is 35.9 Å². The lowest BCUT2D eigenvalue weighted by Crippen LogP contribution is -2.36. The molecule has 0 saturated carbocycles. The van der Waals surface area contributed by atoms with Crippen molar-refractivity contribution in [3.05, 3.63) is 47.0 Å². The maximum absolute atomic E-state index is 11.4. The van der Waals surface area contributed by atoms with Crippen LogP contribution in [0.2, 0.25) is 0 Å². The third-order valence-electron chi connectivity index (χ3n) is 2.65. The van der Waals surface area contributed by atoms with Gasteiger partial charge in [0.05, 0.1) is 5.56 Å². The molecule has 0 unspecified atom stereocenters. The van der Waals surface area contributed by atoms with Crippen molar-refractivity contribution in [3.8, 4) is 0 Å². The van der Waals surface area contributed by atoms with Crippen molar-refractivity contribution in [1.29, 1.82) is 0 Å². The molecular weight excluding hydrogens is 256 g/mol.